The van der Waals surface area contributed by atoms with Crippen LogP contribution in [0, 0.1) is 0 Å². The lowest BCUT2D eigenvalue weighted by Gasteiger charge is -2.21. The maximum absolute atomic E-state index is 4.68. The van der Waals surface area contributed by atoms with Gasteiger partial charge in [-0.2, -0.15) is 11.3 Å². The van der Waals surface area contributed by atoms with Gasteiger partial charge in [0.15, 0.2) is 5.96 Å². The van der Waals surface area contributed by atoms with Crippen LogP contribution in [0.1, 0.15) is 49.7 Å². The summed E-state index contributed by atoms with van der Waals surface area (Å²) in [6, 6.07) is 6.50. The van der Waals surface area contributed by atoms with Crippen LogP contribution >= 0.6 is 35.3 Å². The zero-order valence-corrected chi connectivity index (χ0v) is 20.0. The van der Waals surface area contributed by atoms with Crippen LogP contribution in [-0.4, -0.2) is 37.6 Å². The number of anilines is 1. The van der Waals surface area contributed by atoms with Crippen LogP contribution < -0.4 is 15.5 Å². The van der Waals surface area contributed by atoms with Gasteiger partial charge in [0.25, 0.3) is 0 Å². The van der Waals surface area contributed by atoms with Gasteiger partial charge in [-0.25, -0.2) is 4.98 Å². The van der Waals surface area contributed by atoms with E-state index in [0.717, 1.165) is 38.0 Å². The highest BCUT2D eigenvalue weighted by Gasteiger charge is 2.11. The minimum atomic E-state index is 0. The lowest BCUT2D eigenvalue weighted by Crippen LogP contribution is -2.38. The molecule has 1 aliphatic heterocycles. The number of hydrogen-bond donors (Lipinski definition) is 2. The fourth-order valence-corrected chi connectivity index (χ4v) is 4.12. The predicted molar refractivity (Wildman–Crippen MR) is 131 cm³/mol. The highest BCUT2D eigenvalue weighted by atomic mass is 127. The van der Waals surface area contributed by atoms with Crippen LogP contribution in [0.4, 0.5) is 5.82 Å². The van der Waals surface area contributed by atoms with Gasteiger partial charge in [0.05, 0.1) is 0 Å². The van der Waals surface area contributed by atoms with Crippen molar-refractivity contribution >= 4 is 47.1 Å². The summed E-state index contributed by atoms with van der Waals surface area (Å²) in [7, 11) is 1.81. The fraction of sp³-hybridized carbons (Fsp3) is 0.524. The van der Waals surface area contributed by atoms with Crippen molar-refractivity contribution in [1.82, 2.24) is 15.6 Å². The van der Waals surface area contributed by atoms with Crippen molar-refractivity contribution in [2.45, 2.75) is 45.1 Å². The number of thiophene rings is 1. The molecule has 3 rings (SSSR count). The highest BCUT2D eigenvalue weighted by molar-refractivity contribution is 14.0. The molecule has 1 atom stereocenters. The first-order chi connectivity index (χ1) is 13.3. The largest absolute Gasteiger partial charge is 0.357 e. The van der Waals surface area contributed by atoms with Crippen LogP contribution in [0.15, 0.2) is 40.1 Å². The van der Waals surface area contributed by atoms with E-state index in [1.54, 1.807) is 11.3 Å². The third-order valence-electron chi connectivity index (χ3n) is 5.11. The molecule has 3 heterocycles. The van der Waals surface area contributed by atoms with Gasteiger partial charge in [0, 0.05) is 39.4 Å². The molecule has 0 aromatic carbocycles. The molecule has 1 aliphatic rings. The minimum Gasteiger partial charge on any atom is -0.357 e. The van der Waals surface area contributed by atoms with Crippen LogP contribution in [-0.2, 0) is 6.54 Å². The molecule has 0 aliphatic carbocycles. The van der Waals surface area contributed by atoms with Gasteiger partial charge in [0.2, 0.25) is 0 Å². The summed E-state index contributed by atoms with van der Waals surface area (Å²) >= 11 is 1.74. The van der Waals surface area contributed by atoms with Gasteiger partial charge < -0.3 is 15.5 Å². The first-order valence-corrected chi connectivity index (χ1v) is 10.9. The average Bonchev–Trinajstić information content (AvgIpc) is 3.11. The molecule has 1 saturated heterocycles. The monoisotopic (exact) mass is 513 g/mol. The summed E-state index contributed by atoms with van der Waals surface area (Å²) in [4.78, 5) is 11.4. The van der Waals surface area contributed by atoms with E-state index >= 15 is 0 Å². The minimum absolute atomic E-state index is 0. The predicted octanol–water partition coefficient (Wildman–Crippen LogP) is 4.61. The molecule has 1 fully saturated rings. The number of aromatic nitrogens is 1. The Kier molecular flexibility index (Phi) is 10.0. The second-order valence-corrected chi connectivity index (χ2v) is 7.97. The summed E-state index contributed by atoms with van der Waals surface area (Å²) < 4.78 is 0. The Hall–Kier alpha value is -1.35. The maximum Gasteiger partial charge on any atom is 0.191 e. The quantitative estimate of drug-likeness (QED) is 0.337. The van der Waals surface area contributed by atoms with E-state index in [2.05, 4.69) is 61.4 Å². The van der Waals surface area contributed by atoms with Gasteiger partial charge in [0.1, 0.15) is 5.82 Å². The molecule has 2 aromatic heterocycles. The van der Waals surface area contributed by atoms with E-state index in [0.29, 0.717) is 5.92 Å². The molecule has 28 heavy (non-hydrogen) atoms. The number of nitrogens with zero attached hydrogens (tertiary/aromatic N) is 3. The number of halogens is 1. The second-order valence-electron chi connectivity index (χ2n) is 7.19. The standard InChI is InChI=1S/C21H31N5S.HI/c1-17(19-9-12-27-16-19)13-24-21(22-2)25-15-18-7-8-20(23-14-18)26-10-5-3-4-6-11-26;/h7-9,12,14,16-17H,3-6,10-11,13,15H2,1-2H3,(H2,22,24,25);1H. The lowest BCUT2D eigenvalue weighted by molar-refractivity contribution is 0.700. The third-order valence-corrected chi connectivity index (χ3v) is 5.81. The Morgan fingerprint density at radius 1 is 1.18 bits per heavy atom. The number of pyridine rings is 1. The van der Waals surface area contributed by atoms with E-state index in [1.807, 2.05) is 13.2 Å². The van der Waals surface area contributed by atoms with Gasteiger partial charge >= 0.3 is 0 Å². The average molecular weight is 513 g/mol. The highest BCUT2D eigenvalue weighted by Crippen LogP contribution is 2.18. The summed E-state index contributed by atoms with van der Waals surface area (Å²) in [5.74, 6) is 2.39. The smallest absolute Gasteiger partial charge is 0.191 e. The molecule has 0 amide bonds. The number of nitrogens with one attached hydrogen (secondary N) is 2. The van der Waals surface area contributed by atoms with Crippen LogP contribution in [0.3, 0.4) is 0 Å². The number of rotatable bonds is 6. The van der Waals surface area contributed by atoms with E-state index in [4.69, 9.17) is 0 Å². The second kappa shape index (κ2) is 12.3. The molecule has 0 spiro atoms. The molecule has 0 bridgehead atoms. The number of hydrogen-bond acceptors (Lipinski definition) is 4. The van der Waals surface area contributed by atoms with Gasteiger partial charge in [-0.15, -0.1) is 24.0 Å². The van der Waals surface area contributed by atoms with Crippen LogP contribution in [0.2, 0.25) is 0 Å². The lowest BCUT2D eigenvalue weighted by atomic mass is 10.1. The van der Waals surface area contributed by atoms with Gasteiger partial charge in [-0.05, 0) is 52.8 Å². The fourth-order valence-electron chi connectivity index (χ4n) is 3.34. The molecular formula is C21H32IN5S. The molecule has 0 radical (unpaired) electrons. The van der Waals surface area contributed by atoms with Crippen LogP contribution in [0.5, 0.6) is 0 Å². The zero-order chi connectivity index (χ0) is 18.9. The normalized spacial score (nSPS) is 16.1. The third kappa shape index (κ3) is 6.92. The molecule has 7 heteroatoms. The SMILES string of the molecule is CN=C(NCc1ccc(N2CCCCCC2)nc1)NCC(C)c1ccsc1.I. The topological polar surface area (TPSA) is 52.6 Å². The molecule has 1 unspecified atom stereocenters. The summed E-state index contributed by atoms with van der Waals surface area (Å²) in [6.07, 6.45) is 7.22. The first-order valence-electron chi connectivity index (χ1n) is 9.93. The Balaban J connectivity index is 0.00000280. The van der Waals surface area contributed by atoms with Crippen molar-refractivity contribution in [3.63, 3.8) is 0 Å². The summed E-state index contributed by atoms with van der Waals surface area (Å²) in [6.45, 7) is 6.07. The Morgan fingerprint density at radius 2 is 1.96 bits per heavy atom. The molecule has 2 aromatic rings. The van der Waals surface area contributed by atoms with Crippen molar-refractivity contribution in [2.24, 2.45) is 4.99 Å². The summed E-state index contributed by atoms with van der Waals surface area (Å²) in [5.41, 5.74) is 2.54. The number of guanidine groups is 1. The Morgan fingerprint density at radius 3 is 2.57 bits per heavy atom. The molecular weight excluding hydrogens is 481 g/mol. The van der Waals surface area contributed by atoms with Crippen molar-refractivity contribution in [1.29, 1.82) is 0 Å². The molecule has 2 N–H and O–H groups in total. The van der Waals surface area contributed by atoms with Gasteiger partial charge in [-0.3, -0.25) is 4.99 Å². The van der Waals surface area contributed by atoms with E-state index in [9.17, 15) is 0 Å². The van der Waals surface area contributed by atoms with Crippen molar-refractivity contribution in [2.75, 3.05) is 31.6 Å². The van der Waals surface area contributed by atoms with Crippen molar-refractivity contribution in [3.05, 3.63) is 46.3 Å². The molecule has 0 saturated carbocycles. The first kappa shape index (κ1) is 22.9. The van der Waals surface area contributed by atoms with Gasteiger partial charge in [-0.1, -0.05) is 25.8 Å². The summed E-state index contributed by atoms with van der Waals surface area (Å²) in [5, 5.41) is 11.1. The zero-order valence-electron chi connectivity index (χ0n) is 16.9. The molecule has 154 valence electrons. The van der Waals surface area contributed by atoms with Crippen molar-refractivity contribution in [3.8, 4) is 0 Å². The van der Waals surface area contributed by atoms with Crippen molar-refractivity contribution < 1.29 is 0 Å². The maximum atomic E-state index is 4.68. The van der Waals surface area contributed by atoms with Crippen LogP contribution in [0.25, 0.3) is 0 Å². The Bertz CT molecular complexity index is 694. The molecule has 5 nitrogen and oxygen atoms in total. The Labute approximate surface area is 190 Å². The van der Waals surface area contributed by atoms with E-state index in [-0.39, 0.29) is 24.0 Å². The van der Waals surface area contributed by atoms with E-state index < -0.39 is 0 Å². The number of aliphatic imine (C=N–C) groups is 1. The van der Waals surface area contributed by atoms with E-state index in [1.165, 1.54) is 36.8 Å².